The Morgan fingerprint density at radius 2 is 1.52 bits per heavy atom. The Labute approximate surface area is 192 Å². The number of para-hydroxylation sites is 1. The molecule has 162 valence electrons. The fourth-order valence-corrected chi connectivity index (χ4v) is 5.09. The lowest BCUT2D eigenvalue weighted by Gasteiger charge is -2.25. The summed E-state index contributed by atoms with van der Waals surface area (Å²) in [5.74, 6) is -0.295. The summed E-state index contributed by atoms with van der Waals surface area (Å²) < 4.78 is 27.8. The van der Waals surface area contributed by atoms with Crippen LogP contribution >= 0.6 is 23.2 Å². The van der Waals surface area contributed by atoms with Crippen LogP contribution in [0.15, 0.2) is 77.7 Å². The smallest absolute Gasteiger partial charge is 0.264 e. The fraction of sp³-hybridized carbons (Fsp3) is 0.174. The molecular weight excluding hydrogens is 455 g/mol. The molecule has 0 atom stereocenters. The largest absolute Gasteiger partial charge is 0.324 e. The zero-order chi connectivity index (χ0) is 22.6. The Morgan fingerprint density at radius 1 is 0.935 bits per heavy atom. The Morgan fingerprint density at radius 3 is 2.13 bits per heavy atom. The summed E-state index contributed by atoms with van der Waals surface area (Å²) >= 11 is 12.2. The minimum atomic E-state index is -4.05. The molecular formula is C23H22Cl2N2O3S. The van der Waals surface area contributed by atoms with Gasteiger partial charge < -0.3 is 5.32 Å². The van der Waals surface area contributed by atoms with Crippen LogP contribution in [0.1, 0.15) is 25.3 Å². The lowest BCUT2D eigenvalue weighted by atomic mass is 10.0. The number of amides is 1. The molecule has 3 aromatic rings. The molecule has 1 amide bonds. The molecule has 5 nitrogen and oxygen atoms in total. The molecule has 31 heavy (non-hydrogen) atoms. The highest BCUT2D eigenvalue weighted by molar-refractivity contribution is 7.92. The van der Waals surface area contributed by atoms with Crippen molar-refractivity contribution >= 4 is 50.5 Å². The molecule has 0 saturated heterocycles. The van der Waals surface area contributed by atoms with Gasteiger partial charge in [0.15, 0.2) is 0 Å². The van der Waals surface area contributed by atoms with Crippen molar-refractivity contribution in [2.45, 2.75) is 24.7 Å². The first-order chi connectivity index (χ1) is 14.7. The van der Waals surface area contributed by atoms with E-state index in [9.17, 15) is 13.2 Å². The maximum Gasteiger partial charge on any atom is 0.264 e. The van der Waals surface area contributed by atoms with Crippen molar-refractivity contribution in [3.63, 3.8) is 0 Å². The van der Waals surface area contributed by atoms with Gasteiger partial charge in [0.05, 0.1) is 10.6 Å². The van der Waals surface area contributed by atoms with E-state index in [2.05, 4.69) is 5.32 Å². The fourth-order valence-electron chi connectivity index (χ4n) is 3.15. The van der Waals surface area contributed by atoms with E-state index < -0.39 is 22.5 Å². The predicted molar refractivity (Wildman–Crippen MR) is 127 cm³/mol. The summed E-state index contributed by atoms with van der Waals surface area (Å²) in [4.78, 5) is 13.0. The molecule has 0 spiro atoms. The van der Waals surface area contributed by atoms with Gasteiger partial charge in [-0.15, -0.1) is 0 Å². The minimum absolute atomic E-state index is 0.0569. The number of benzene rings is 3. The number of sulfonamides is 1. The van der Waals surface area contributed by atoms with Gasteiger partial charge in [0.1, 0.15) is 6.54 Å². The average Bonchev–Trinajstić information content (AvgIpc) is 2.72. The van der Waals surface area contributed by atoms with Gasteiger partial charge in [-0.05, 0) is 47.9 Å². The highest BCUT2D eigenvalue weighted by atomic mass is 35.5. The second-order valence-corrected chi connectivity index (χ2v) is 9.98. The van der Waals surface area contributed by atoms with Gasteiger partial charge in [-0.3, -0.25) is 9.10 Å². The second-order valence-electron chi connectivity index (χ2n) is 7.24. The van der Waals surface area contributed by atoms with Crippen LogP contribution in [0, 0.1) is 0 Å². The number of carbonyl (C=O) groups excluding carboxylic acids is 1. The van der Waals surface area contributed by atoms with Crippen molar-refractivity contribution < 1.29 is 13.2 Å². The molecule has 0 aliphatic rings. The quantitative estimate of drug-likeness (QED) is 0.457. The van der Waals surface area contributed by atoms with E-state index in [-0.39, 0.29) is 26.5 Å². The molecule has 0 radical (unpaired) electrons. The number of anilines is 2. The predicted octanol–water partition coefficient (Wildman–Crippen LogP) is 5.95. The van der Waals surface area contributed by atoms with E-state index in [1.54, 1.807) is 24.3 Å². The molecule has 0 saturated carbocycles. The van der Waals surface area contributed by atoms with Crippen LogP contribution in [0.25, 0.3) is 0 Å². The van der Waals surface area contributed by atoms with Crippen molar-refractivity contribution in [1.82, 2.24) is 0 Å². The van der Waals surface area contributed by atoms with Crippen LogP contribution in [-0.2, 0) is 14.8 Å². The zero-order valence-corrected chi connectivity index (χ0v) is 19.4. The molecule has 0 fully saturated rings. The maximum atomic E-state index is 13.4. The van der Waals surface area contributed by atoms with Crippen molar-refractivity contribution in [2.75, 3.05) is 16.2 Å². The molecule has 8 heteroatoms. The van der Waals surface area contributed by atoms with Gasteiger partial charge in [0.2, 0.25) is 5.91 Å². The number of carbonyl (C=O) groups is 1. The van der Waals surface area contributed by atoms with Crippen LogP contribution in [-0.4, -0.2) is 20.9 Å². The number of hydrogen-bond acceptors (Lipinski definition) is 3. The normalized spacial score (nSPS) is 11.4. The topological polar surface area (TPSA) is 66.5 Å². The van der Waals surface area contributed by atoms with Crippen molar-refractivity contribution in [3.05, 3.63) is 88.4 Å². The summed E-state index contributed by atoms with van der Waals surface area (Å²) in [6, 6.07) is 19.8. The summed E-state index contributed by atoms with van der Waals surface area (Å²) in [5.41, 5.74) is 1.80. The third kappa shape index (κ3) is 5.58. The Hall–Kier alpha value is -2.54. The average molecular weight is 477 g/mol. The van der Waals surface area contributed by atoms with Crippen molar-refractivity contribution in [3.8, 4) is 0 Å². The number of halogens is 2. The first kappa shape index (κ1) is 23.1. The van der Waals surface area contributed by atoms with Crippen LogP contribution in [0.3, 0.4) is 0 Å². The SMILES string of the molecule is CC(C)c1ccccc1NC(=O)CN(c1cc(Cl)cc(Cl)c1)S(=O)(=O)c1ccccc1. The second kappa shape index (κ2) is 9.73. The summed E-state index contributed by atoms with van der Waals surface area (Å²) in [5, 5.41) is 3.36. The molecule has 0 aromatic heterocycles. The van der Waals surface area contributed by atoms with Gasteiger partial charge >= 0.3 is 0 Å². The van der Waals surface area contributed by atoms with E-state index in [1.165, 1.54) is 30.3 Å². The van der Waals surface area contributed by atoms with Crippen LogP contribution in [0.5, 0.6) is 0 Å². The highest BCUT2D eigenvalue weighted by Gasteiger charge is 2.28. The lowest BCUT2D eigenvalue weighted by Crippen LogP contribution is -2.38. The number of rotatable bonds is 7. The van der Waals surface area contributed by atoms with Gasteiger partial charge in [0, 0.05) is 15.7 Å². The molecule has 0 bridgehead atoms. The summed E-state index contributed by atoms with van der Waals surface area (Å²) in [7, 11) is -4.05. The zero-order valence-electron chi connectivity index (χ0n) is 17.0. The Kier molecular flexibility index (Phi) is 7.26. The standard InChI is InChI=1S/C23H22Cl2N2O3S/c1-16(2)21-10-6-7-11-22(21)26-23(28)15-27(19-13-17(24)12-18(25)14-19)31(29,30)20-8-4-3-5-9-20/h3-14,16H,15H2,1-2H3,(H,26,28). The highest BCUT2D eigenvalue weighted by Crippen LogP contribution is 2.30. The summed E-state index contributed by atoms with van der Waals surface area (Å²) in [6.45, 7) is 3.59. The molecule has 3 aromatic carbocycles. The molecule has 1 N–H and O–H groups in total. The Bertz CT molecular complexity index is 1160. The molecule has 0 aliphatic carbocycles. The van der Waals surface area contributed by atoms with Crippen molar-refractivity contribution in [2.24, 2.45) is 0 Å². The van der Waals surface area contributed by atoms with E-state index >= 15 is 0 Å². The third-order valence-corrected chi connectivity index (χ3v) is 6.84. The number of nitrogens with zero attached hydrogens (tertiary/aromatic N) is 1. The molecule has 3 rings (SSSR count). The van der Waals surface area contributed by atoms with Crippen LogP contribution in [0.2, 0.25) is 10.0 Å². The first-order valence-electron chi connectivity index (χ1n) is 9.61. The molecule has 0 unspecified atom stereocenters. The van der Waals surface area contributed by atoms with Crippen LogP contribution in [0.4, 0.5) is 11.4 Å². The maximum absolute atomic E-state index is 13.4. The summed E-state index contributed by atoms with van der Waals surface area (Å²) in [6.07, 6.45) is 0. The van der Waals surface area contributed by atoms with E-state index in [4.69, 9.17) is 23.2 Å². The third-order valence-electron chi connectivity index (χ3n) is 4.61. The molecule has 0 aliphatic heterocycles. The van der Waals surface area contributed by atoms with Crippen LogP contribution < -0.4 is 9.62 Å². The minimum Gasteiger partial charge on any atom is -0.324 e. The van der Waals surface area contributed by atoms with E-state index in [1.807, 2.05) is 32.0 Å². The van der Waals surface area contributed by atoms with Gasteiger partial charge in [-0.1, -0.05) is 73.4 Å². The Balaban J connectivity index is 1.99. The van der Waals surface area contributed by atoms with E-state index in [0.29, 0.717) is 5.69 Å². The van der Waals surface area contributed by atoms with Gasteiger partial charge in [-0.2, -0.15) is 0 Å². The van der Waals surface area contributed by atoms with Gasteiger partial charge in [-0.25, -0.2) is 8.42 Å². The lowest BCUT2D eigenvalue weighted by molar-refractivity contribution is -0.114. The number of nitrogens with one attached hydrogen (secondary N) is 1. The molecule has 0 heterocycles. The monoisotopic (exact) mass is 476 g/mol. The van der Waals surface area contributed by atoms with E-state index in [0.717, 1.165) is 9.87 Å². The van der Waals surface area contributed by atoms with Gasteiger partial charge in [0.25, 0.3) is 10.0 Å². The number of hydrogen-bond donors (Lipinski definition) is 1. The first-order valence-corrected chi connectivity index (χ1v) is 11.8. The van der Waals surface area contributed by atoms with Crippen molar-refractivity contribution in [1.29, 1.82) is 0 Å².